The average molecular weight is 531 g/mol. The maximum absolute atomic E-state index is 12.8. The first-order chi connectivity index (χ1) is 18.1. The fraction of sp³-hybridized carbons (Fsp3) is 0.643. The van der Waals surface area contributed by atoms with Crippen LogP contribution in [0.5, 0.6) is 0 Å². The number of fused-ring (bicyclic) bond motifs is 1. The molecule has 1 aromatic carbocycles. The second-order valence-electron chi connectivity index (χ2n) is 11.0. The second-order valence-corrected chi connectivity index (χ2v) is 11.0. The summed E-state index contributed by atoms with van der Waals surface area (Å²) in [6, 6.07) is 4.40. The van der Waals surface area contributed by atoms with Crippen LogP contribution < -0.4 is 16.0 Å². The van der Waals surface area contributed by atoms with E-state index in [-0.39, 0.29) is 24.8 Å². The number of rotatable bonds is 13. The van der Waals surface area contributed by atoms with Gasteiger partial charge in [0.05, 0.1) is 0 Å². The Morgan fingerprint density at radius 2 is 1.66 bits per heavy atom. The summed E-state index contributed by atoms with van der Waals surface area (Å²) in [5, 5.41) is 19.2. The van der Waals surface area contributed by atoms with Gasteiger partial charge >= 0.3 is 6.09 Å². The number of carbonyl (C=O) groups is 4. The summed E-state index contributed by atoms with van der Waals surface area (Å²) in [6.45, 7) is 6.98. The van der Waals surface area contributed by atoms with E-state index in [1.165, 1.54) is 17.7 Å². The number of unbranched alkanes of at least 4 members (excludes halogenated alkanes) is 7. The van der Waals surface area contributed by atoms with Crippen LogP contribution in [0, 0.1) is 0 Å². The molecule has 10 heteroatoms. The Kier molecular flexibility index (Phi) is 10.5. The van der Waals surface area contributed by atoms with E-state index >= 15 is 0 Å². The van der Waals surface area contributed by atoms with E-state index in [1.807, 2.05) is 26.8 Å². The highest BCUT2D eigenvalue weighted by atomic mass is 16.6. The van der Waals surface area contributed by atoms with Crippen molar-refractivity contribution in [3.8, 4) is 0 Å². The summed E-state index contributed by atoms with van der Waals surface area (Å²) >= 11 is 0. The van der Waals surface area contributed by atoms with Crippen LogP contribution in [0.3, 0.4) is 0 Å². The molecule has 2 atom stereocenters. The summed E-state index contributed by atoms with van der Waals surface area (Å²) in [4.78, 5) is 49.3. The Morgan fingerprint density at radius 1 is 1.03 bits per heavy atom. The minimum atomic E-state index is -1.21. The van der Waals surface area contributed by atoms with Gasteiger partial charge in [-0.3, -0.25) is 24.6 Å². The van der Waals surface area contributed by atoms with Gasteiger partial charge in [0.1, 0.15) is 11.6 Å². The SMILES string of the molecule is CC(C)(C)OC(=O)NCCCCCCCCCCNc1ccc2c(c1)C(O)N(C1CCC(=O)NC1=O)C2=O. The lowest BCUT2D eigenvalue weighted by Gasteiger charge is -2.31. The Hall–Kier alpha value is -3.14. The van der Waals surface area contributed by atoms with Crippen LogP contribution in [0.4, 0.5) is 10.5 Å². The standard InChI is InChI=1S/C28H42N4O6/c1-28(2,3)38-27(37)30-17-11-9-7-5-4-6-8-10-16-29-19-12-13-20-21(18-19)26(36)32(25(20)35)22-14-15-23(33)31-24(22)34/h12-13,18,22,26,29,36H,4-11,14-17H2,1-3H3,(H,30,37)(H,31,33,34). The molecule has 1 saturated heterocycles. The van der Waals surface area contributed by atoms with Crippen molar-refractivity contribution >= 4 is 29.5 Å². The number of carbonyl (C=O) groups excluding carboxylic acids is 4. The van der Waals surface area contributed by atoms with Gasteiger partial charge < -0.3 is 20.5 Å². The lowest BCUT2D eigenvalue weighted by atomic mass is 10.0. The molecule has 2 aliphatic heterocycles. The number of benzene rings is 1. The van der Waals surface area contributed by atoms with Crippen LogP contribution in [-0.4, -0.2) is 58.6 Å². The van der Waals surface area contributed by atoms with E-state index in [0.717, 1.165) is 50.8 Å². The molecule has 2 heterocycles. The van der Waals surface area contributed by atoms with Crippen molar-refractivity contribution in [1.29, 1.82) is 0 Å². The molecule has 10 nitrogen and oxygen atoms in total. The molecule has 1 fully saturated rings. The molecular weight excluding hydrogens is 488 g/mol. The molecule has 4 N–H and O–H groups in total. The first kappa shape index (κ1) is 29.4. The summed E-state index contributed by atoms with van der Waals surface area (Å²) in [6.07, 6.45) is 7.63. The number of aliphatic hydroxyl groups excluding tert-OH is 1. The van der Waals surface area contributed by atoms with Gasteiger partial charge in [-0.25, -0.2) is 4.79 Å². The molecule has 0 aromatic heterocycles. The Morgan fingerprint density at radius 3 is 2.29 bits per heavy atom. The summed E-state index contributed by atoms with van der Waals surface area (Å²) in [5.74, 6) is -1.30. The third kappa shape index (κ3) is 8.44. The van der Waals surface area contributed by atoms with Crippen molar-refractivity contribution in [3.63, 3.8) is 0 Å². The number of hydrogen-bond donors (Lipinski definition) is 4. The number of nitrogens with one attached hydrogen (secondary N) is 3. The van der Waals surface area contributed by atoms with Crippen LogP contribution >= 0.6 is 0 Å². The van der Waals surface area contributed by atoms with Crippen molar-refractivity contribution in [2.45, 2.75) is 103 Å². The number of hydrogen-bond acceptors (Lipinski definition) is 7. The van der Waals surface area contributed by atoms with E-state index in [1.54, 1.807) is 12.1 Å². The lowest BCUT2D eigenvalue weighted by Crippen LogP contribution is -2.53. The van der Waals surface area contributed by atoms with Gasteiger partial charge in [0.2, 0.25) is 11.8 Å². The van der Waals surface area contributed by atoms with Crippen LogP contribution in [0.2, 0.25) is 0 Å². The number of ether oxygens (including phenoxy) is 1. The molecule has 4 amide bonds. The highest BCUT2D eigenvalue weighted by Gasteiger charge is 2.44. The molecule has 38 heavy (non-hydrogen) atoms. The Bertz CT molecular complexity index is 1010. The van der Waals surface area contributed by atoms with Gasteiger partial charge in [-0.1, -0.05) is 38.5 Å². The van der Waals surface area contributed by atoms with E-state index in [9.17, 15) is 24.3 Å². The fourth-order valence-corrected chi connectivity index (χ4v) is 4.79. The van der Waals surface area contributed by atoms with E-state index in [2.05, 4.69) is 16.0 Å². The van der Waals surface area contributed by atoms with Gasteiger partial charge in [0.15, 0.2) is 6.23 Å². The highest BCUT2D eigenvalue weighted by Crippen LogP contribution is 2.36. The predicted octanol–water partition coefficient (Wildman–Crippen LogP) is 4.00. The number of alkyl carbamates (subject to hydrolysis) is 1. The largest absolute Gasteiger partial charge is 0.444 e. The Balaban J connectivity index is 1.27. The van der Waals surface area contributed by atoms with E-state index in [4.69, 9.17) is 4.74 Å². The van der Waals surface area contributed by atoms with Crippen molar-refractivity contribution in [1.82, 2.24) is 15.5 Å². The smallest absolute Gasteiger partial charge is 0.407 e. The van der Waals surface area contributed by atoms with Crippen LogP contribution in [-0.2, 0) is 14.3 Å². The van der Waals surface area contributed by atoms with E-state index in [0.29, 0.717) is 17.7 Å². The van der Waals surface area contributed by atoms with Crippen molar-refractivity contribution < 1.29 is 29.0 Å². The van der Waals surface area contributed by atoms with Gasteiger partial charge in [-0.2, -0.15) is 0 Å². The molecule has 0 saturated carbocycles. The van der Waals surface area contributed by atoms with Crippen molar-refractivity contribution in [3.05, 3.63) is 29.3 Å². The first-order valence-electron chi connectivity index (χ1n) is 13.8. The number of anilines is 1. The summed E-state index contributed by atoms with van der Waals surface area (Å²) in [5.41, 5.74) is 1.21. The third-order valence-electron chi connectivity index (χ3n) is 6.70. The van der Waals surface area contributed by atoms with Crippen LogP contribution in [0.1, 0.15) is 107 Å². The number of imide groups is 1. The topological polar surface area (TPSA) is 137 Å². The summed E-state index contributed by atoms with van der Waals surface area (Å²) in [7, 11) is 0. The molecule has 0 bridgehead atoms. The van der Waals surface area contributed by atoms with E-state index < -0.39 is 29.7 Å². The normalized spacial score (nSPS) is 19.3. The van der Waals surface area contributed by atoms with Crippen molar-refractivity contribution in [2.24, 2.45) is 0 Å². The fourth-order valence-electron chi connectivity index (χ4n) is 4.79. The lowest BCUT2D eigenvalue weighted by molar-refractivity contribution is -0.139. The maximum atomic E-state index is 12.8. The molecule has 3 rings (SSSR count). The van der Waals surface area contributed by atoms with Gasteiger partial charge in [0, 0.05) is 36.3 Å². The quantitative estimate of drug-likeness (QED) is 0.223. The third-order valence-corrected chi connectivity index (χ3v) is 6.70. The van der Waals surface area contributed by atoms with Gasteiger partial charge in [0.25, 0.3) is 5.91 Å². The zero-order valence-electron chi connectivity index (χ0n) is 22.8. The second kappa shape index (κ2) is 13.6. The molecule has 1 aromatic rings. The Labute approximate surface area is 224 Å². The number of amides is 4. The summed E-state index contributed by atoms with van der Waals surface area (Å²) < 4.78 is 5.22. The minimum Gasteiger partial charge on any atom is -0.444 e. The van der Waals surface area contributed by atoms with Crippen molar-refractivity contribution in [2.75, 3.05) is 18.4 Å². The monoisotopic (exact) mass is 530 g/mol. The molecule has 0 radical (unpaired) electrons. The molecule has 0 spiro atoms. The molecule has 2 aliphatic rings. The molecular formula is C28H42N4O6. The maximum Gasteiger partial charge on any atom is 0.407 e. The highest BCUT2D eigenvalue weighted by molar-refractivity contribution is 6.05. The number of piperidine rings is 1. The van der Waals surface area contributed by atoms with Gasteiger partial charge in [-0.05, 0) is 58.2 Å². The first-order valence-corrected chi connectivity index (χ1v) is 13.8. The zero-order chi connectivity index (χ0) is 27.7. The van der Waals surface area contributed by atoms with Gasteiger partial charge in [-0.15, -0.1) is 0 Å². The average Bonchev–Trinajstić information content (AvgIpc) is 3.08. The minimum absolute atomic E-state index is 0.142. The molecule has 210 valence electrons. The van der Waals surface area contributed by atoms with Crippen LogP contribution in [0.25, 0.3) is 0 Å². The molecule has 2 unspecified atom stereocenters. The zero-order valence-corrected chi connectivity index (χ0v) is 22.8. The predicted molar refractivity (Wildman–Crippen MR) is 143 cm³/mol. The molecule has 0 aliphatic carbocycles. The van der Waals surface area contributed by atoms with Crippen LogP contribution in [0.15, 0.2) is 18.2 Å². The number of aliphatic hydroxyl groups is 1. The number of nitrogens with zero attached hydrogens (tertiary/aromatic N) is 1.